The Morgan fingerprint density at radius 1 is 1.08 bits per heavy atom. The highest BCUT2D eigenvalue weighted by Gasteiger charge is 2.25. The van der Waals surface area contributed by atoms with E-state index in [0.29, 0.717) is 10.9 Å². The highest BCUT2D eigenvalue weighted by molar-refractivity contribution is 6.30. The van der Waals surface area contributed by atoms with Gasteiger partial charge in [0.2, 0.25) is 5.91 Å². The standard InChI is InChI=1S/C23H28N2O2.C6H7ClN2.C2H4/c1-2-18-8-6-7-11-21(18)19-12-14-25(15-13-19)23(27)16-24-22(17-26)20-9-4-3-5-10-20;1-8-6-3-2-5(7)4-9-6;1-2/h3-11,17,19,22,24H,2,12-16H2,1H3;2-4H,1H3,(H,8,9);1-2H2. The van der Waals surface area contributed by atoms with Crippen LogP contribution in [0.25, 0.3) is 0 Å². The van der Waals surface area contributed by atoms with Crippen molar-refractivity contribution in [3.05, 3.63) is 108 Å². The Kier molecular flexibility index (Phi) is 13.8. The molecule has 0 aliphatic carbocycles. The first-order chi connectivity index (χ1) is 18.5. The minimum Gasteiger partial charge on any atom is -0.373 e. The predicted molar refractivity (Wildman–Crippen MR) is 158 cm³/mol. The van der Waals surface area contributed by atoms with Crippen molar-refractivity contribution in [3.8, 4) is 0 Å². The van der Waals surface area contributed by atoms with Gasteiger partial charge in [-0.2, -0.15) is 0 Å². The van der Waals surface area contributed by atoms with Crippen molar-refractivity contribution in [3.63, 3.8) is 0 Å². The van der Waals surface area contributed by atoms with Gasteiger partial charge in [0, 0.05) is 26.3 Å². The van der Waals surface area contributed by atoms with E-state index in [1.165, 1.54) is 11.1 Å². The lowest BCUT2D eigenvalue weighted by Crippen LogP contribution is -2.43. The normalized spacial score (nSPS) is 13.7. The highest BCUT2D eigenvalue weighted by Crippen LogP contribution is 2.30. The number of rotatable bonds is 8. The van der Waals surface area contributed by atoms with Crippen molar-refractivity contribution in [1.82, 2.24) is 15.2 Å². The average molecular weight is 535 g/mol. The van der Waals surface area contributed by atoms with Crippen molar-refractivity contribution >= 4 is 29.6 Å². The molecule has 0 radical (unpaired) electrons. The van der Waals surface area contributed by atoms with E-state index in [2.05, 4.69) is 60.0 Å². The summed E-state index contributed by atoms with van der Waals surface area (Å²) in [5, 5.41) is 6.63. The van der Waals surface area contributed by atoms with Gasteiger partial charge in [0.15, 0.2) is 0 Å². The molecule has 3 aromatic rings. The number of pyridine rings is 1. The lowest BCUT2D eigenvalue weighted by atomic mass is 9.86. The fourth-order valence-electron chi connectivity index (χ4n) is 4.43. The molecule has 1 fully saturated rings. The molecule has 1 aliphatic rings. The molecule has 1 aromatic heterocycles. The van der Waals surface area contributed by atoms with Gasteiger partial charge in [0.05, 0.1) is 17.6 Å². The summed E-state index contributed by atoms with van der Waals surface area (Å²) in [6.45, 7) is 9.94. The highest BCUT2D eigenvalue weighted by atomic mass is 35.5. The molecule has 1 saturated heterocycles. The van der Waals surface area contributed by atoms with Gasteiger partial charge in [0.1, 0.15) is 12.1 Å². The molecular formula is C31H39ClN4O2. The van der Waals surface area contributed by atoms with E-state index in [9.17, 15) is 9.59 Å². The maximum atomic E-state index is 12.6. The Labute approximate surface area is 232 Å². The molecule has 4 rings (SSSR count). The molecule has 0 bridgehead atoms. The van der Waals surface area contributed by atoms with Gasteiger partial charge in [-0.25, -0.2) is 4.98 Å². The fourth-order valence-corrected chi connectivity index (χ4v) is 4.54. The average Bonchev–Trinajstić information content (AvgIpc) is 2.99. The van der Waals surface area contributed by atoms with E-state index in [4.69, 9.17) is 11.6 Å². The smallest absolute Gasteiger partial charge is 0.236 e. The minimum atomic E-state index is -0.441. The van der Waals surface area contributed by atoms with Crippen molar-refractivity contribution in [2.75, 3.05) is 32.0 Å². The second kappa shape index (κ2) is 17.1. The van der Waals surface area contributed by atoms with Crippen molar-refractivity contribution < 1.29 is 9.59 Å². The third-order valence-electron chi connectivity index (χ3n) is 6.47. The van der Waals surface area contributed by atoms with Gasteiger partial charge in [-0.05, 0) is 54.0 Å². The van der Waals surface area contributed by atoms with E-state index in [0.717, 1.165) is 50.0 Å². The number of carbonyl (C=O) groups is 2. The number of halogens is 1. The summed E-state index contributed by atoms with van der Waals surface area (Å²) >= 11 is 5.58. The number of aromatic nitrogens is 1. The molecule has 2 heterocycles. The maximum absolute atomic E-state index is 12.6. The number of aldehydes is 1. The topological polar surface area (TPSA) is 74.3 Å². The Morgan fingerprint density at radius 3 is 2.32 bits per heavy atom. The van der Waals surface area contributed by atoms with Gasteiger partial charge in [-0.1, -0.05) is 73.1 Å². The van der Waals surface area contributed by atoms with Crippen LogP contribution < -0.4 is 10.6 Å². The molecule has 1 amide bonds. The Balaban J connectivity index is 0.000000387. The number of amides is 1. The molecule has 2 N–H and O–H groups in total. The zero-order chi connectivity index (χ0) is 27.8. The molecule has 1 unspecified atom stereocenters. The summed E-state index contributed by atoms with van der Waals surface area (Å²) in [4.78, 5) is 29.8. The zero-order valence-electron chi connectivity index (χ0n) is 22.4. The summed E-state index contributed by atoms with van der Waals surface area (Å²) in [6.07, 6.45) is 5.51. The van der Waals surface area contributed by atoms with Gasteiger partial charge in [-0.15, -0.1) is 13.2 Å². The number of hydrogen-bond donors (Lipinski definition) is 2. The number of aryl methyl sites for hydroxylation is 1. The van der Waals surface area contributed by atoms with Gasteiger partial charge < -0.3 is 15.0 Å². The van der Waals surface area contributed by atoms with Crippen LogP contribution in [0.5, 0.6) is 0 Å². The number of carbonyl (C=O) groups excluding carboxylic acids is 2. The Bertz CT molecular complexity index is 1100. The second-order valence-corrected chi connectivity index (χ2v) is 9.16. The van der Waals surface area contributed by atoms with Gasteiger partial charge >= 0.3 is 0 Å². The van der Waals surface area contributed by atoms with E-state index >= 15 is 0 Å². The van der Waals surface area contributed by atoms with Crippen LogP contribution in [-0.2, 0) is 16.0 Å². The largest absolute Gasteiger partial charge is 0.373 e. The first kappa shape index (κ1) is 30.7. The van der Waals surface area contributed by atoms with Crippen LogP contribution in [0.15, 0.2) is 86.1 Å². The quantitative estimate of drug-likeness (QED) is 0.271. The monoisotopic (exact) mass is 534 g/mol. The van der Waals surface area contributed by atoms with Gasteiger partial charge in [0.25, 0.3) is 0 Å². The molecule has 2 aromatic carbocycles. The van der Waals surface area contributed by atoms with E-state index in [-0.39, 0.29) is 12.5 Å². The zero-order valence-corrected chi connectivity index (χ0v) is 23.2. The van der Waals surface area contributed by atoms with Gasteiger partial charge in [-0.3, -0.25) is 10.1 Å². The van der Waals surface area contributed by atoms with Crippen molar-refractivity contribution in [2.45, 2.75) is 38.1 Å². The van der Waals surface area contributed by atoms with E-state index in [1.807, 2.05) is 48.3 Å². The van der Waals surface area contributed by atoms with E-state index < -0.39 is 6.04 Å². The Hall–Kier alpha value is -3.48. The number of hydrogen-bond acceptors (Lipinski definition) is 5. The lowest BCUT2D eigenvalue weighted by molar-refractivity contribution is -0.131. The first-order valence-electron chi connectivity index (χ1n) is 12.9. The van der Waals surface area contributed by atoms with Crippen LogP contribution in [0.1, 0.15) is 48.4 Å². The first-order valence-corrected chi connectivity index (χ1v) is 13.3. The summed E-state index contributed by atoms with van der Waals surface area (Å²) in [6, 6.07) is 21.3. The van der Waals surface area contributed by atoms with Crippen molar-refractivity contribution in [1.29, 1.82) is 0 Å². The number of benzene rings is 2. The SMILES string of the molecule is C=C.CCc1ccccc1C1CCN(C(=O)CNC(C=O)c2ccccc2)CC1.CNc1ccc(Cl)cn1. The molecular weight excluding hydrogens is 496 g/mol. The molecule has 6 nitrogen and oxygen atoms in total. The van der Waals surface area contributed by atoms with E-state index in [1.54, 1.807) is 12.3 Å². The number of nitrogens with zero attached hydrogens (tertiary/aromatic N) is 2. The second-order valence-electron chi connectivity index (χ2n) is 8.72. The van der Waals surface area contributed by atoms with Crippen LogP contribution in [0.3, 0.4) is 0 Å². The predicted octanol–water partition coefficient (Wildman–Crippen LogP) is 6.06. The minimum absolute atomic E-state index is 0.0695. The van der Waals surface area contributed by atoms with Crippen LogP contribution >= 0.6 is 11.6 Å². The Morgan fingerprint density at radius 2 is 1.74 bits per heavy atom. The van der Waals surface area contributed by atoms with Crippen molar-refractivity contribution in [2.24, 2.45) is 0 Å². The lowest BCUT2D eigenvalue weighted by Gasteiger charge is -2.33. The number of nitrogens with one attached hydrogen (secondary N) is 2. The summed E-state index contributed by atoms with van der Waals surface area (Å²) in [5.41, 5.74) is 3.74. The molecule has 1 aliphatic heterocycles. The van der Waals surface area contributed by atoms with Crippen LogP contribution in [0, 0.1) is 0 Å². The number of anilines is 1. The summed E-state index contributed by atoms with van der Waals surface area (Å²) < 4.78 is 0. The molecule has 1 atom stereocenters. The molecule has 202 valence electrons. The molecule has 38 heavy (non-hydrogen) atoms. The molecule has 7 heteroatoms. The molecule has 0 spiro atoms. The third-order valence-corrected chi connectivity index (χ3v) is 6.70. The third kappa shape index (κ3) is 9.43. The summed E-state index contributed by atoms with van der Waals surface area (Å²) in [5.74, 6) is 1.43. The maximum Gasteiger partial charge on any atom is 0.236 e. The summed E-state index contributed by atoms with van der Waals surface area (Å²) in [7, 11) is 1.82. The van der Waals surface area contributed by atoms with Crippen LogP contribution in [-0.4, -0.2) is 48.8 Å². The van der Waals surface area contributed by atoms with Crippen LogP contribution in [0.2, 0.25) is 5.02 Å². The van der Waals surface area contributed by atoms with Crippen LogP contribution in [0.4, 0.5) is 5.82 Å². The number of likely N-dealkylation sites (tertiary alicyclic amines) is 1. The molecule has 0 saturated carbocycles. The fraction of sp³-hybridized carbons (Fsp3) is 0.323. The number of piperidine rings is 1.